The summed E-state index contributed by atoms with van der Waals surface area (Å²) in [5, 5.41) is 26.6. The summed E-state index contributed by atoms with van der Waals surface area (Å²) >= 11 is 3.11. The van der Waals surface area contributed by atoms with Crippen molar-refractivity contribution in [1.29, 1.82) is 0 Å². The zero-order valence-corrected chi connectivity index (χ0v) is 12.1. The molecule has 1 aromatic heterocycles. The molecule has 0 aliphatic carbocycles. The van der Waals surface area contributed by atoms with Gasteiger partial charge in [-0.25, -0.2) is 9.48 Å². The van der Waals surface area contributed by atoms with Crippen LogP contribution in [0.5, 0.6) is 5.75 Å². The first-order valence-electron chi connectivity index (χ1n) is 5.68. The van der Waals surface area contributed by atoms with Gasteiger partial charge in [0.15, 0.2) is 5.69 Å². The molecular formula is C11H9BrN4O5. The molecule has 10 heteroatoms. The topological polar surface area (TPSA) is 120 Å². The molecular weight excluding hydrogens is 348 g/mol. The number of ether oxygens (including phenoxy) is 1. The summed E-state index contributed by atoms with van der Waals surface area (Å²) in [5.41, 5.74) is -0.257. The first-order valence-corrected chi connectivity index (χ1v) is 6.47. The van der Waals surface area contributed by atoms with Crippen molar-refractivity contribution in [2.45, 2.75) is 6.54 Å². The highest BCUT2D eigenvalue weighted by atomic mass is 79.9. The maximum atomic E-state index is 10.8. The Bertz CT molecular complexity index is 687. The maximum absolute atomic E-state index is 10.8. The number of nitro groups is 1. The van der Waals surface area contributed by atoms with Crippen molar-refractivity contribution in [3.8, 4) is 5.75 Å². The van der Waals surface area contributed by atoms with E-state index in [0.717, 1.165) is 0 Å². The number of aromatic nitrogens is 3. The molecule has 0 bridgehead atoms. The molecule has 0 saturated carbocycles. The highest BCUT2D eigenvalue weighted by Gasteiger charge is 2.16. The smallest absolute Gasteiger partial charge is 0.358 e. The van der Waals surface area contributed by atoms with Gasteiger partial charge < -0.3 is 9.84 Å². The van der Waals surface area contributed by atoms with Gasteiger partial charge in [0.1, 0.15) is 16.8 Å². The minimum absolute atomic E-state index is 0.0959. The van der Waals surface area contributed by atoms with Gasteiger partial charge in [-0.15, -0.1) is 5.10 Å². The summed E-state index contributed by atoms with van der Waals surface area (Å²) in [7, 11) is 0. The Hall–Kier alpha value is -2.49. The van der Waals surface area contributed by atoms with Gasteiger partial charge in [-0.05, 0) is 22.0 Å². The Balaban J connectivity index is 1.98. The van der Waals surface area contributed by atoms with Crippen molar-refractivity contribution < 1.29 is 19.6 Å². The molecule has 2 rings (SSSR count). The van der Waals surface area contributed by atoms with Crippen molar-refractivity contribution in [1.82, 2.24) is 15.0 Å². The Labute approximate surface area is 126 Å². The monoisotopic (exact) mass is 356 g/mol. The summed E-state index contributed by atoms with van der Waals surface area (Å²) in [6.07, 6.45) is 1.27. The van der Waals surface area contributed by atoms with Crippen LogP contribution in [0.2, 0.25) is 0 Å². The number of halogens is 1. The zero-order valence-electron chi connectivity index (χ0n) is 10.5. The number of carboxylic acids is 1. The first kappa shape index (κ1) is 14.9. The maximum Gasteiger partial charge on any atom is 0.358 e. The van der Waals surface area contributed by atoms with Crippen LogP contribution < -0.4 is 4.74 Å². The third-order valence-corrected chi connectivity index (χ3v) is 3.27. The van der Waals surface area contributed by atoms with Gasteiger partial charge in [0.2, 0.25) is 0 Å². The summed E-state index contributed by atoms with van der Waals surface area (Å²) in [6, 6.07) is 4.45. The second-order valence-electron chi connectivity index (χ2n) is 3.87. The van der Waals surface area contributed by atoms with Gasteiger partial charge in [-0.2, -0.15) is 0 Å². The van der Waals surface area contributed by atoms with E-state index in [4.69, 9.17) is 9.84 Å². The number of benzene rings is 1. The average Bonchev–Trinajstić information content (AvgIpc) is 2.89. The van der Waals surface area contributed by atoms with Crippen LogP contribution in [-0.2, 0) is 6.54 Å². The summed E-state index contributed by atoms with van der Waals surface area (Å²) < 4.78 is 6.98. The Morgan fingerprint density at radius 3 is 2.90 bits per heavy atom. The number of nitro benzene ring substituents is 1. The van der Waals surface area contributed by atoms with Gasteiger partial charge in [0.05, 0.1) is 17.7 Å². The van der Waals surface area contributed by atoms with Crippen molar-refractivity contribution in [3.05, 3.63) is 44.7 Å². The normalized spacial score (nSPS) is 10.3. The van der Waals surface area contributed by atoms with Crippen molar-refractivity contribution in [3.63, 3.8) is 0 Å². The predicted molar refractivity (Wildman–Crippen MR) is 73.3 cm³/mol. The number of nitrogens with zero attached hydrogens (tertiary/aromatic N) is 4. The molecule has 110 valence electrons. The third-order valence-electron chi connectivity index (χ3n) is 2.48. The first-order chi connectivity index (χ1) is 9.99. The average molecular weight is 357 g/mol. The van der Waals surface area contributed by atoms with E-state index >= 15 is 0 Å². The number of carboxylic acid groups (broad SMARTS) is 1. The molecule has 0 saturated heterocycles. The Kier molecular flexibility index (Phi) is 4.48. The molecule has 0 aliphatic rings. The van der Waals surface area contributed by atoms with E-state index in [9.17, 15) is 14.9 Å². The second-order valence-corrected chi connectivity index (χ2v) is 4.66. The number of carbonyl (C=O) groups is 1. The molecule has 0 amide bonds. The fourth-order valence-corrected chi connectivity index (χ4v) is 2.03. The van der Waals surface area contributed by atoms with Crippen LogP contribution >= 0.6 is 15.9 Å². The summed E-state index contributed by atoms with van der Waals surface area (Å²) in [4.78, 5) is 20.9. The highest BCUT2D eigenvalue weighted by molar-refractivity contribution is 9.10. The van der Waals surface area contributed by atoms with Gasteiger partial charge in [0, 0.05) is 6.07 Å². The van der Waals surface area contributed by atoms with Crippen molar-refractivity contribution in [2.24, 2.45) is 0 Å². The lowest BCUT2D eigenvalue weighted by molar-refractivity contribution is -0.385. The van der Waals surface area contributed by atoms with Crippen LogP contribution in [0.4, 0.5) is 5.69 Å². The highest BCUT2D eigenvalue weighted by Crippen LogP contribution is 2.33. The van der Waals surface area contributed by atoms with E-state index in [1.807, 2.05) is 0 Å². The largest absolute Gasteiger partial charge is 0.490 e. The van der Waals surface area contributed by atoms with E-state index in [0.29, 0.717) is 5.75 Å². The van der Waals surface area contributed by atoms with Gasteiger partial charge in [0.25, 0.3) is 5.69 Å². The van der Waals surface area contributed by atoms with Crippen LogP contribution in [0.3, 0.4) is 0 Å². The van der Waals surface area contributed by atoms with Crippen molar-refractivity contribution >= 4 is 27.6 Å². The summed E-state index contributed by atoms with van der Waals surface area (Å²) in [5.74, 6) is -0.841. The van der Waals surface area contributed by atoms with Crippen LogP contribution in [0.25, 0.3) is 0 Å². The lowest BCUT2D eigenvalue weighted by Gasteiger charge is -2.07. The fraction of sp³-hybridized carbons (Fsp3) is 0.182. The van der Waals surface area contributed by atoms with E-state index in [2.05, 4.69) is 26.2 Å². The molecule has 1 heterocycles. The van der Waals surface area contributed by atoms with E-state index in [-0.39, 0.29) is 29.0 Å². The molecule has 9 nitrogen and oxygen atoms in total. The molecule has 21 heavy (non-hydrogen) atoms. The number of hydrogen-bond donors (Lipinski definition) is 1. The Morgan fingerprint density at radius 2 is 2.29 bits per heavy atom. The minimum atomic E-state index is -1.16. The Morgan fingerprint density at radius 1 is 1.52 bits per heavy atom. The molecule has 2 aromatic rings. The zero-order chi connectivity index (χ0) is 15.4. The third kappa shape index (κ3) is 3.54. The second kappa shape index (κ2) is 6.31. The SMILES string of the molecule is O=C(O)c1cn(CCOc2cccc([N+](=O)[O-])c2Br)nn1. The molecule has 0 radical (unpaired) electrons. The molecule has 0 fully saturated rings. The number of aromatic carboxylic acids is 1. The summed E-state index contributed by atoms with van der Waals surface area (Å²) in [6.45, 7) is 0.414. The van der Waals surface area contributed by atoms with E-state index in [1.54, 1.807) is 6.07 Å². The fourth-order valence-electron chi connectivity index (χ4n) is 1.51. The molecule has 0 aliphatic heterocycles. The molecule has 0 atom stereocenters. The van der Waals surface area contributed by atoms with E-state index in [1.165, 1.54) is 23.0 Å². The van der Waals surface area contributed by atoms with Crippen LogP contribution in [0.15, 0.2) is 28.9 Å². The van der Waals surface area contributed by atoms with Crippen LogP contribution in [0.1, 0.15) is 10.5 Å². The van der Waals surface area contributed by atoms with E-state index < -0.39 is 10.9 Å². The molecule has 0 unspecified atom stereocenters. The van der Waals surface area contributed by atoms with Crippen LogP contribution in [0, 0.1) is 10.1 Å². The van der Waals surface area contributed by atoms with Gasteiger partial charge >= 0.3 is 5.97 Å². The molecule has 0 spiro atoms. The standard InChI is InChI=1S/C11H9BrN4O5/c12-10-8(16(19)20)2-1-3-9(10)21-5-4-15-6-7(11(17)18)13-14-15/h1-3,6H,4-5H2,(H,17,18). The van der Waals surface area contributed by atoms with Gasteiger partial charge in [-0.1, -0.05) is 11.3 Å². The molecule has 1 aromatic carbocycles. The lowest BCUT2D eigenvalue weighted by Crippen LogP contribution is -2.09. The molecule has 1 N–H and O–H groups in total. The predicted octanol–water partition coefficient (Wildman–Crippen LogP) is 1.73. The number of hydrogen-bond acceptors (Lipinski definition) is 6. The van der Waals surface area contributed by atoms with Gasteiger partial charge in [-0.3, -0.25) is 10.1 Å². The lowest BCUT2D eigenvalue weighted by atomic mass is 10.3. The van der Waals surface area contributed by atoms with Crippen LogP contribution in [-0.4, -0.2) is 37.6 Å². The number of rotatable bonds is 6. The van der Waals surface area contributed by atoms with Crippen molar-refractivity contribution in [2.75, 3.05) is 6.61 Å². The quantitative estimate of drug-likeness (QED) is 0.617. The minimum Gasteiger partial charge on any atom is -0.490 e.